The van der Waals surface area contributed by atoms with Crippen molar-refractivity contribution in [2.75, 3.05) is 0 Å². The predicted molar refractivity (Wildman–Crippen MR) is 66.5 cm³/mol. The van der Waals surface area contributed by atoms with Gasteiger partial charge in [0, 0.05) is 11.6 Å². The molecule has 0 saturated carbocycles. The summed E-state index contributed by atoms with van der Waals surface area (Å²) in [5.74, 6) is -0.467. The van der Waals surface area contributed by atoms with Crippen molar-refractivity contribution < 1.29 is 9.50 Å². The highest BCUT2D eigenvalue weighted by Gasteiger charge is 2.10. The summed E-state index contributed by atoms with van der Waals surface area (Å²) in [6.45, 7) is 1.75. The van der Waals surface area contributed by atoms with Gasteiger partial charge in [-0.3, -0.25) is 0 Å². The molecule has 2 rings (SSSR count). The molecule has 3 nitrogen and oxygen atoms in total. The van der Waals surface area contributed by atoms with E-state index in [1.807, 2.05) is 0 Å². The van der Waals surface area contributed by atoms with Gasteiger partial charge in [0.2, 0.25) is 0 Å². The third kappa shape index (κ3) is 2.56. The summed E-state index contributed by atoms with van der Waals surface area (Å²) < 4.78 is 13.7. The molecular formula is C11H7BrClFN2O. The third-order valence-corrected chi connectivity index (χ3v) is 3.57. The molecule has 0 aliphatic rings. The van der Waals surface area contributed by atoms with Crippen LogP contribution in [0.3, 0.4) is 0 Å². The monoisotopic (exact) mass is 316 g/mol. The third-order valence-electron chi connectivity index (χ3n) is 2.12. The van der Waals surface area contributed by atoms with E-state index < -0.39 is 5.82 Å². The number of hydrogen-bond acceptors (Lipinski definition) is 3. The summed E-state index contributed by atoms with van der Waals surface area (Å²) >= 11 is 9.13. The maximum Gasteiger partial charge on any atom is 0.161 e. The highest BCUT2D eigenvalue weighted by atomic mass is 79.9. The first-order valence-corrected chi connectivity index (χ1v) is 5.84. The van der Waals surface area contributed by atoms with Crippen LogP contribution in [0, 0.1) is 12.7 Å². The molecule has 0 spiro atoms. The standard InChI is InChI=1S/C11H7BrClFN2O/c1-5-9(12)10(13)16-11(15-5)6-2-7(14)4-8(17)3-6/h2-4,17H,1H3. The molecular weight excluding hydrogens is 310 g/mol. The molecule has 2 aromatic rings. The predicted octanol–water partition coefficient (Wildman–Crippen LogP) is 3.71. The van der Waals surface area contributed by atoms with Gasteiger partial charge in [0.05, 0.1) is 10.2 Å². The lowest BCUT2D eigenvalue weighted by Crippen LogP contribution is -1.94. The first-order valence-electron chi connectivity index (χ1n) is 4.67. The van der Waals surface area contributed by atoms with Crippen molar-refractivity contribution in [2.24, 2.45) is 0 Å². The molecule has 0 saturated heterocycles. The molecule has 6 heteroatoms. The van der Waals surface area contributed by atoms with Gasteiger partial charge in [0.15, 0.2) is 5.82 Å². The van der Waals surface area contributed by atoms with E-state index in [2.05, 4.69) is 25.9 Å². The highest BCUT2D eigenvalue weighted by molar-refractivity contribution is 9.10. The molecule has 1 aromatic carbocycles. The normalized spacial score (nSPS) is 10.6. The van der Waals surface area contributed by atoms with Crippen molar-refractivity contribution in [3.63, 3.8) is 0 Å². The Kier molecular flexibility index (Phi) is 3.31. The number of nitrogens with zero attached hydrogens (tertiary/aromatic N) is 2. The van der Waals surface area contributed by atoms with E-state index in [9.17, 15) is 9.50 Å². The van der Waals surface area contributed by atoms with Crippen LogP contribution in [0.2, 0.25) is 5.15 Å². The molecule has 1 aromatic heterocycles. The van der Waals surface area contributed by atoms with Gasteiger partial charge in [-0.1, -0.05) is 11.6 Å². The minimum atomic E-state index is -0.555. The van der Waals surface area contributed by atoms with Gasteiger partial charge in [-0.05, 0) is 35.0 Å². The van der Waals surface area contributed by atoms with Gasteiger partial charge in [-0.25, -0.2) is 14.4 Å². The smallest absolute Gasteiger partial charge is 0.161 e. The molecule has 17 heavy (non-hydrogen) atoms. The second-order valence-corrected chi connectivity index (χ2v) is 4.59. The van der Waals surface area contributed by atoms with Crippen LogP contribution in [-0.2, 0) is 0 Å². The van der Waals surface area contributed by atoms with Gasteiger partial charge < -0.3 is 5.11 Å². The van der Waals surface area contributed by atoms with Crippen LogP contribution in [0.5, 0.6) is 5.75 Å². The molecule has 0 radical (unpaired) electrons. The van der Waals surface area contributed by atoms with Gasteiger partial charge >= 0.3 is 0 Å². The zero-order chi connectivity index (χ0) is 12.6. The van der Waals surface area contributed by atoms with Crippen molar-refractivity contribution in [2.45, 2.75) is 6.92 Å². The molecule has 0 aliphatic heterocycles. The Hall–Kier alpha value is -1.20. The number of benzene rings is 1. The number of phenols is 1. The van der Waals surface area contributed by atoms with Crippen LogP contribution < -0.4 is 0 Å². The van der Waals surface area contributed by atoms with Crippen molar-refractivity contribution in [1.82, 2.24) is 9.97 Å². The minimum Gasteiger partial charge on any atom is -0.508 e. The number of phenolic OH excluding ortho intramolecular Hbond substituents is 1. The Bertz CT molecular complexity index is 548. The average molecular weight is 318 g/mol. The highest BCUT2D eigenvalue weighted by Crippen LogP contribution is 2.28. The van der Waals surface area contributed by atoms with E-state index in [-0.39, 0.29) is 16.7 Å². The Morgan fingerprint density at radius 3 is 2.59 bits per heavy atom. The largest absolute Gasteiger partial charge is 0.508 e. The van der Waals surface area contributed by atoms with Gasteiger partial charge in [-0.2, -0.15) is 0 Å². The lowest BCUT2D eigenvalue weighted by molar-refractivity contribution is 0.469. The molecule has 0 atom stereocenters. The van der Waals surface area contributed by atoms with E-state index in [1.54, 1.807) is 6.92 Å². The summed E-state index contributed by atoms with van der Waals surface area (Å²) in [5.41, 5.74) is 1.02. The number of rotatable bonds is 1. The Morgan fingerprint density at radius 1 is 1.29 bits per heavy atom. The quantitative estimate of drug-likeness (QED) is 0.816. The molecule has 0 unspecified atom stereocenters. The molecule has 0 fully saturated rings. The van der Waals surface area contributed by atoms with Gasteiger partial charge in [0.1, 0.15) is 16.7 Å². The number of aromatic hydroxyl groups is 1. The molecule has 0 bridgehead atoms. The SMILES string of the molecule is Cc1nc(-c2cc(O)cc(F)c2)nc(Cl)c1Br. The lowest BCUT2D eigenvalue weighted by Gasteiger charge is -2.05. The fraction of sp³-hybridized carbons (Fsp3) is 0.0909. The first kappa shape index (κ1) is 12.3. The van der Waals surface area contributed by atoms with Crippen LogP contribution in [0.15, 0.2) is 22.7 Å². The van der Waals surface area contributed by atoms with Gasteiger partial charge in [-0.15, -0.1) is 0 Å². The number of aryl methyl sites for hydroxylation is 1. The average Bonchev–Trinajstić information content (AvgIpc) is 2.23. The maximum atomic E-state index is 13.1. The van der Waals surface area contributed by atoms with Crippen LogP contribution in [0.1, 0.15) is 5.69 Å². The Balaban J connectivity index is 2.60. The molecule has 1 N–H and O–H groups in total. The summed E-state index contributed by atoms with van der Waals surface area (Å²) in [7, 11) is 0. The Labute approximate surface area is 110 Å². The first-order chi connectivity index (χ1) is 7.97. The molecule has 1 heterocycles. The van der Waals surface area contributed by atoms with Crippen molar-refractivity contribution in [3.8, 4) is 17.1 Å². The van der Waals surface area contributed by atoms with Crippen molar-refractivity contribution in [3.05, 3.63) is 39.3 Å². The van der Waals surface area contributed by atoms with Crippen molar-refractivity contribution >= 4 is 27.5 Å². The van der Waals surface area contributed by atoms with E-state index in [0.717, 1.165) is 6.07 Å². The number of hydrogen-bond donors (Lipinski definition) is 1. The Morgan fingerprint density at radius 2 is 2.00 bits per heavy atom. The van der Waals surface area contributed by atoms with Gasteiger partial charge in [0.25, 0.3) is 0 Å². The summed E-state index contributed by atoms with van der Waals surface area (Å²) in [6, 6.07) is 3.62. The maximum absolute atomic E-state index is 13.1. The summed E-state index contributed by atoms with van der Waals surface area (Å²) in [5, 5.41) is 9.56. The van der Waals surface area contributed by atoms with E-state index >= 15 is 0 Å². The fourth-order valence-electron chi connectivity index (χ4n) is 1.36. The zero-order valence-electron chi connectivity index (χ0n) is 8.71. The zero-order valence-corrected chi connectivity index (χ0v) is 11.0. The molecule has 0 amide bonds. The second kappa shape index (κ2) is 4.58. The number of halogens is 3. The molecule has 0 aliphatic carbocycles. The van der Waals surface area contributed by atoms with Crippen LogP contribution in [0.25, 0.3) is 11.4 Å². The van der Waals surface area contributed by atoms with Crippen molar-refractivity contribution in [1.29, 1.82) is 0 Å². The topological polar surface area (TPSA) is 46.0 Å². The van der Waals surface area contributed by atoms with E-state index in [0.29, 0.717) is 15.7 Å². The fourth-order valence-corrected chi connectivity index (χ4v) is 1.75. The second-order valence-electron chi connectivity index (χ2n) is 3.44. The van der Waals surface area contributed by atoms with E-state index in [1.165, 1.54) is 12.1 Å². The van der Waals surface area contributed by atoms with E-state index in [4.69, 9.17) is 11.6 Å². The lowest BCUT2D eigenvalue weighted by atomic mass is 10.2. The summed E-state index contributed by atoms with van der Waals surface area (Å²) in [6.07, 6.45) is 0. The van der Waals surface area contributed by atoms with Crippen LogP contribution in [-0.4, -0.2) is 15.1 Å². The summed E-state index contributed by atoms with van der Waals surface area (Å²) in [4.78, 5) is 8.18. The van der Waals surface area contributed by atoms with Crippen LogP contribution in [0.4, 0.5) is 4.39 Å². The minimum absolute atomic E-state index is 0.180. The molecule has 88 valence electrons. The number of aromatic nitrogens is 2. The van der Waals surface area contributed by atoms with Crippen LogP contribution >= 0.6 is 27.5 Å².